The molecule has 0 saturated carbocycles. The van der Waals surface area contributed by atoms with Gasteiger partial charge in [0, 0.05) is 79.6 Å². The lowest BCUT2D eigenvalue weighted by Crippen LogP contribution is -2.51. The van der Waals surface area contributed by atoms with E-state index in [0.29, 0.717) is 30.0 Å². The van der Waals surface area contributed by atoms with Crippen molar-refractivity contribution < 1.29 is 14.0 Å². The van der Waals surface area contributed by atoms with E-state index in [1.54, 1.807) is 30.6 Å². The van der Waals surface area contributed by atoms with Crippen LogP contribution in [0.25, 0.3) is 33.5 Å². The number of piperazine rings is 1. The Morgan fingerprint density at radius 1 is 0.852 bits per heavy atom. The molecular weight excluding hydrogens is 682 g/mol. The monoisotopic (exact) mass is 731 g/mol. The van der Waals surface area contributed by atoms with Crippen molar-refractivity contribution in [3.63, 3.8) is 0 Å². The van der Waals surface area contributed by atoms with Crippen molar-refractivity contribution in [3.05, 3.63) is 91.0 Å². The Bertz CT molecular complexity index is 1970. The maximum absolute atomic E-state index is 13.1. The molecular formula is C42H50FN9O2. The third-order valence-electron chi connectivity index (χ3n) is 10.9. The van der Waals surface area contributed by atoms with Gasteiger partial charge in [0.25, 0.3) is 0 Å². The molecule has 11 nitrogen and oxygen atoms in total. The summed E-state index contributed by atoms with van der Waals surface area (Å²) in [5.74, 6) is 0.756. The number of nitrogens with zero attached hydrogens (tertiary/aromatic N) is 7. The molecule has 3 fully saturated rings. The van der Waals surface area contributed by atoms with Gasteiger partial charge in [0.2, 0.25) is 12.3 Å². The molecule has 2 amide bonds. The number of nitrogens with one attached hydrogen (secondary N) is 2. The van der Waals surface area contributed by atoms with Gasteiger partial charge < -0.3 is 20.0 Å². The molecule has 2 N–H and O–H groups in total. The summed E-state index contributed by atoms with van der Waals surface area (Å²) in [6, 6.07) is 21.8. The molecule has 5 aromatic rings. The Balaban J connectivity index is 0.000000199. The number of halogens is 1. The van der Waals surface area contributed by atoms with Crippen molar-refractivity contribution in [2.45, 2.75) is 39.0 Å². The van der Waals surface area contributed by atoms with Gasteiger partial charge in [0.1, 0.15) is 5.82 Å². The van der Waals surface area contributed by atoms with Gasteiger partial charge in [-0.1, -0.05) is 19.8 Å². The minimum absolute atomic E-state index is 0.285. The topological polar surface area (TPSA) is 114 Å². The quantitative estimate of drug-likeness (QED) is 0.170. The molecule has 0 bridgehead atoms. The molecule has 54 heavy (non-hydrogen) atoms. The average molecular weight is 732 g/mol. The predicted octanol–water partition coefficient (Wildman–Crippen LogP) is 6.32. The number of anilines is 2. The molecule has 3 aromatic carbocycles. The molecule has 3 saturated heterocycles. The van der Waals surface area contributed by atoms with Crippen molar-refractivity contribution in [1.29, 1.82) is 0 Å². The van der Waals surface area contributed by atoms with E-state index in [0.717, 1.165) is 72.8 Å². The fourth-order valence-corrected chi connectivity index (χ4v) is 8.00. The van der Waals surface area contributed by atoms with Crippen LogP contribution < -0.4 is 10.2 Å². The smallest absolute Gasteiger partial charge is 0.236 e. The number of rotatable bonds is 9. The van der Waals surface area contributed by atoms with Gasteiger partial charge >= 0.3 is 0 Å². The Morgan fingerprint density at radius 2 is 1.56 bits per heavy atom. The number of amides is 2. The van der Waals surface area contributed by atoms with Gasteiger partial charge in [-0.25, -0.2) is 14.4 Å². The van der Waals surface area contributed by atoms with Gasteiger partial charge in [-0.15, -0.1) is 0 Å². The van der Waals surface area contributed by atoms with Crippen LogP contribution in [0.2, 0.25) is 0 Å². The van der Waals surface area contributed by atoms with E-state index in [9.17, 15) is 14.0 Å². The number of fused-ring (bicyclic) bond motifs is 1. The molecule has 1 atom stereocenters. The number of likely N-dealkylation sites (tertiary alicyclic amines) is 2. The third kappa shape index (κ3) is 9.29. The van der Waals surface area contributed by atoms with Crippen LogP contribution in [-0.2, 0) is 9.59 Å². The van der Waals surface area contributed by atoms with E-state index in [1.165, 1.54) is 69.6 Å². The highest BCUT2D eigenvalue weighted by Gasteiger charge is 2.36. The lowest BCUT2D eigenvalue weighted by molar-refractivity contribution is -0.132. The zero-order chi connectivity index (χ0) is 37.3. The molecule has 0 spiro atoms. The summed E-state index contributed by atoms with van der Waals surface area (Å²) < 4.78 is 12.9. The van der Waals surface area contributed by atoms with E-state index >= 15 is 0 Å². The second kappa shape index (κ2) is 17.3. The van der Waals surface area contributed by atoms with E-state index in [4.69, 9.17) is 0 Å². The van der Waals surface area contributed by atoms with Crippen LogP contribution in [0.4, 0.5) is 15.8 Å². The third-order valence-corrected chi connectivity index (χ3v) is 10.9. The largest absolute Gasteiger partial charge is 0.368 e. The molecule has 0 aliphatic carbocycles. The van der Waals surface area contributed by atoms with Gasteiger partial charge in [0.15, 0.2) is 5.82 Å². The molecule has 2 aromatic heterocycles. The summed E-state index contributed by atoms with van der Waals surface area (Å²) in [5.41, 5.74) is 5.63. The SMILES string of the molecule is CC1(CN2CCCCCC2)CCN(CC(=O)N2CCN(c3ccc(-c4ncccn4)cc3)CC2)C1.O=CNc1ccc2[nH]nc(-c3ccc(F)cc3)c2c1. The zero-order valence-corrected chi connectivity index (χ0v) is 31.1. The average Bonchev–Trinajstić information content (AvgIpc) is 3.69. The summed E-state index contributed by atoms with van der Waals surface area (Å²) in [6.07, 6.45) is 10.8. The first-order valence-corrected chi connectivity index (χ1v) is 19.1. The highest BCUT2D eigenvalue weighted by atomic mass is 19.1. The molecule has 8 rings (SSSR count). The number of hydrogen-bond acceptors (Lipinski definition) is 8. The van der Waals surface area contributed by atoms with E-state index in [1.807, 2.05) is 18.2 Å². The number of carbonyl (C=O) groups excluding carboxylic acids is 2. The van der Waals surface area contributed by atoms with Gasteiger partial charge in [-0.05, 0) is 117 Å². The molecule has 12 heteroatoms. The summed E-state index contributed by atoms with van der Waals surface area (Å²) in [7, 11) is 0. The number of hydrogen-bond donors (Lipinski definition) is 2. The van der Waals surface area contributed by atoms with Crippen LogP contribution in [-0.4, -0.2) is 113 Å². The van der Waals surface area contributed by atoms with E-state index < -0.39 is 0 Å². The minimum Gasteiger partial charge on any atom is -0.368 e. The summed E-state index contributed by atoms with van der Waals surface area (Å²) >= 11 is 0. The van der Waals surface area contributed by atoms with Crippen LogP contribution in [0.3, 0.4) is 0 Å². The van der Waals surface area contributed by atoms with E-state index in [-0.39, 0.29) is 5.82 Å². The highest BCUT2D eigenvalue weighted by molar-refractivity contribution is 5.95. The van der Waals surface area contributed by atoms with Crippen molar-refractivity contribution in [2.24, 2.45) is 5.41 Å². The predicted molar refractivity (Wildman–Crippen MR) is 212 cm³/mol. The number of carbonyl (C=O) groups is 2. The van der Waals surface area contributed by atoms with Crippen molar-refractivity contribution in [1.82, 2.24) is 34.9 Å². The fourth-order valence-electron chi connectivity index (χ4n) is 8.00. The number of H-pyrrole nitrogens is 1. The van der Waals surface area contributed by atoms with Crippen molar-refractivity contribution >= 4 is 34.6 Å². The van der Waals surface area contributed by atoms with E-state index in [2.05, 4.69) is 76.3 Å². The first-order valence-electron chi connectivity index (χ1n) is 19.1. The van der Waals surface area contributed by atoms with Crippen molar-refractivity contribution in [2.75, 3.05) is 75.7 Å². The zero-order valence-electron chi connectivity index (χ0n) is 31.1. The molecule has 1 unspecified atom stereocenters. The standard InChI is InChI=1S/C28H40N6O.C14H10FN3O/c1-28(22-31-14-4-2-3-5-15-31)11-16-32(23-28)21-26(35)34-19-17-33(18-20-34)25-9-7-24(8-10-25)27-29-12-6-13-30-27;15-10-3-1-9(2-4-10)14-12-7-11(16-8-19)5-6-13(12)17-18-14/h6-10,12-13H,2-5,11,14-23H2,1H3;1-8H,(H,16,19)(H,17,18). The summed E-state index contributed by atoms with van der Waals surface area (Å²) in [6.45, 7) is 12.1. The number of benzene rings is 3. The van der Waals surface area contributed by atoms with Crippen molar-refractivity contribution in [3.8, 4) is 22.6 Å². The number of aromatic nitrogens is 4. The van der Waals surface area contributed by atoms with Gasteiger partial charge in [-0.3, -0.25) is 19.6 Å². The Kier molecular flexibility index (Phi) is 11.9. The van der Waals surface area contributed by atoms with Crippen LogP contribution in [0.15, 0.2) is 85.2 Å². The Hall–Kier alpha value is -5.20. The molecule has 0 radical (unpaired) electrons. The highest BCUT2D eigenvalue weighted by Crippen LogP contribution is 2.32. The summed E-state index contributed by atoms with van der Waals surface area (Å²) in [4.78, 5) is 41.7. The first-order chi connectivity index (χ1) is 26.4. The lowest BCUT2D eigenvalue weighted by Gasteiger charge is -2.37. The molecule has 3 aliphatic heterocycles. The normalized spacial score (nSPS) is 19.6. The first kappa shape index (κ1) is 37.1. The van der Waals surface area contributed by atoms with Gasteiger partial charge in [0.05, 0.1) is 17.8 Å². The second-order valence-corrected chi connectivity index (χ2v) is 15.1. The number of aromatic amines is 1. The Labute approximate surface area is 316 Å². The second-order valence-electron chi connectivity index (χ2n) is 15.1. The molecule has 5 heterocycles. The maximum Gasteiger partial charge on any atom is 0.236 e. The molecule has 282 valence electrons. The minimum atomic E-state index is -0.285. The fraction of sp³-hybridized carbons (Fsp3) is 0.405. The van der Waals surface area contributed by atoms with Crippen LogP contribution in [0.1, 0.15) is 39.0 Å². The Morgan fingerprint density at radius 3 is 2.26 bits per heavy atom. The van der Waals surface area contributed by atoms with Gasteiger partial charge in [-0.2, -0.15) is 5.10 Å². The van der Waals surface area contributed by atoms with Crippen LogP contribution >= 0.6 is 0 Å². The lowest BCUT2D eigenvalue weighted by atomic mass is 9.89. The maximum atomic E-state index is 13.1. The van der Waals surface area contributed by atoms with Crippen LogP contribution in [0.5, 0.6) is 0 Å². The van der Waals surface area contributed by atoms with Crippen LogP contribution in [0, 0.1) is 11.2 Å². The molecule has 3 aliphatic rings. The summed E-state index contributed by atoms with van der Waals surface area (Å²) in [5, 5.41) is 10.6.